The van der Waals surface area contributed by atoms with Crippen LogP contribution in [0, 0.1) is 5.21 Å². The highest BCUT2D eigenvalue weighted by atomic mass is 31.2. The van der Waals surface area contributed by atoms with Crippen molar-refractivity contribution >= 4 is 7.60 Å². The highest BCUT2D eigenvalue weighted by Crippen LogP contribution is 2.45. The lowest BCUT2D eigenvalue weighted by molar-refractivity contribution is -0.616. The number of rotatable bonds is 15. The lowest BCUT2D eigenvalue weighted by atomic mass is 9.80. The topological polar surface area (TPSA) is 178 Å². The molecule has 16 heteroatoms. The zero-order valence-corrected chi connectivity index (χ0v) is 30.8. The molecule has 0 radical (unpaired) electrons. The lowest BCUT2D eigenvalue weighted by Gasteiger charge is -2.41. The number of pyridine rings is 1. The minimum atomic E-state index is -4.38. The van der Waals surface area contributed by atoms with E-state index in [1.54, 1.807) is 19.1 Å². The zero-order chi connectivity index (χ0) is 38.3. The van der Waals surface area contributed by atoms with Crippen molar-refractivity contribution in [2.24, 2.45) is 0 Å². The van der Waals surface area contributed by atoms with E-state index in [1.807, 2.05) is 78.9 Å². The van der Waals surface area contributed by atoms with Crippen molar-refractivity contribution in [1.29, 1.82) is 0 Å². The zero-order valence-electron chi connectivity index (χ0n) is 29.9. The predicted molar refractivity (Wildman–Crippen MR) is 197 cm³/mol. The molecule has 54 heavy (non-hydrogen) atoms. The Balaban J connectivity index is 1.33. The smallest absolute Gasteiger partial charge is 0.342 e. The molecular weight excluding hydrogens is 719 g/mol. The van der Waals surface area contributed by atoms with Gasteiger partial charge in [0, 0.05) is 31.4 Å². The molecule has 2 N–H and O–H groups in total. The Morgan fingerprint density at radius 1 is 0.870 bits per heavy atom. The van der Waals surface area contributed by atoms with Crippen molar-refractivity contribution in [3.63, 3.8) is 0 Å². The van der Waals surface area contributed by atoms with Gasteiger partial charge in [-0.1, -0.05) is 54.6 Å². The van der Waals surface area contributed by atoms with Gasteiger partial charge in [-0.15, -0.1) is 0 Å². The molecule has 6 rings (SSSR count). The number of aromatic nitrogens is 3. The van der Waals surface area contributed by atoms with Gasteiger partial charge in [0.05, 0.1) is 40.1 Å². The summed E-state index contributed by atoms with van der Waals surface area (Å²) < 4.78 is 50.2. The van der Waals surface area contributed by atoms with E-state index < -0.39 is 49.7 Å². The number of nitrogens with one attached hydrogen (secondary N) is 1. The Labute approximate surface area is 311 Å². The van der Waals surface area contributed by atoms with Gasteiger partial charge in [-0.05, 0) is 41.0 Å². The Bertz CT molecular complexity index is 2130. The average molecular weight is 761 g/mol. The molecule has 0 saturated carbocycles. The van der Waals surface area contributed by atoms with Crippen LogP contribution in [0.4, 0.5) is 0 Å². The first kappa shape index (κ1) is 38.4. The second-order valence-corrected chi connectivity index (χ2v) is 14.3. The number of nitrogens with zero attached hydrogens (tertiary/aromatic N) is 3. The fourth-order valence-corrected chi connectivity index (χ4v) is 7.56. The van der Waals surface area contributed by atoms with Crippen LogP contribution < -0.4 is 30.2 Å². The highest BCUT2D eigenvalue weighted by Gasteiger charge is 2.41. The second-order valence-electron chi connectivity index (χ2n) is 12.5. The summed E-state index contributed by atoms with van der Waals surface area (Å²) in [5, 5.41) is 12.3. The average Bonchev–Trinajstić information content (AvgIpc) is 3.18. The third kappa shape index (κ3) is 8.74. The van der Waals surface area contributed by atoms with E-state index in [4.69, 9.17) is 28.2 Å². The highest BCUT2D eigenvalue weighted by molar-refractivity contribution is 7.52. The molecule has 1 aliphatic rings. The number of methoxy groups -OCH3 is 3. The molecule has 1 saturated heterocycles. The SMILES string of the molecule is COc1ccc(C(OCC2CN(CP(=O)(O)OCc3cc(OC)cc[n+]3[O-])CC(n3ccc(=O)[nH]c3=O)O2)(c2ccccc2)c2ccc(OC)cc2)cc1. The van der Waals surface area contributed by atoms with Gasteiger partial charge >= 0.3 is 13.3 Å². The van der Waals surface area contributed by atoms with Gasteiger partial charge in [0.1, 0.15) is 35.7 Å². The normalized spacial score (nSPS) is 17.4. The third-order valence-corrected chi connectivity index (χ3v) is 10.3. The first-order chi connectivity index (χ1) is 26.0. The van der Waals surface area contributed by atoms with E-state index in [2.05, 4.69) is 4.98 Å². The number of H-pyrrole nitrogens is 1. The van der Waals surface area contributed by atoms with Crippen LogP contribution in [-0.4, -0.2) is 72.8 Å². The van der Waals surface area contributed by atoms with Crippen molar-refractivity contribution in [3.05, 3.63) is 158 Å². The molecule has 1 fully saturated rings. The number of aromatic amines is 1. The van der Waals surface area contributed by atoms with E-state index in [-0.39, 0.29) is 25.4 Å². The van der Waals surface area contributed by atoms with Crippen LogP contribution in [0.5, 0.6) is 17.2 Å². The maximum atomic E-state index is 13.5. The summed E-state index contributed by atoms with van der Waals surface area (Å²) in [5.41, 5.74) is -0.0614. The molecule has 2 aromatic heterocycles. The van der Waals surface area contributed by atoms with Crippen LogP contribution in [0.3, 0.4) is 0 Å². The molecule has 3 aromatic carbocycles. The minimum Gasteiger partial charge on any atom is -0.618 e. The van der Waals surface area contributed by atoms with Crippen LogP contribution in [0.2, 0.25) is 0 Å². The van der Waals surface area contributed by atoms with Crippen molar-refractivity contribution < 1.29 is 42.4 Å². The Hall–Kier alpha value is -5.28. The largest absolute Gasteiger partial charge is 0.618 e. The van der Waals surface area contributed by atoms with Gasteiger partial charge in [0.15, 0.2) is 12.4 Å². The molecule has 0 bridgehead atoms. The monoisotopic (exact) mass is 760 g/mol. The van der Waals surface area contributed by atoms with Crippen molar-refractivity contribution in [3.8, 4) is 17.2 Å². The van der Waals surface area contributed by atoms with E-state index in [0.29, 0.717) is 22.0 Å². The minimum absolute atomic E-state index is 0.0160. The van der Waals surface area contributed by atoms with Gasteiger partial charge in [-0.25, -0.2) is 4.79 Å². The van der Waals surface area contributed by atoms with Gasteiger partial charge in [0.25, 0.3) is 5.56 Å². The third-order valence-electron chi connectivity index (χ3n) is 9.04. The number of ether oxygens (including phenoxy) is 5. The fourth-order valence-electron chi connectivity index (χ4n) is 6.40. The molecule has 3 unspecified atom stereocenters. The Morgan fingerprint density at radius 2 is 1.48 bits per heavy atom. The lowest BCUT2D eigenvalue weighted by Crippen LogP contribution is -2.50. The van der Waals surface area contributed by atoms with Gasteiger partial charge in [-0.2, -0.15) is 4.73 Å². The van der Waals surface area contributed by atoms with Crippen LogP contribution in [0.25, 0.3) is 0 Å². The van der Waals surface area contributed by atoms with Gasteiger partial charge < -0.3 is 33.8 Å². The summed E-state index contributed by atoms with van der Waals surface area (Å²) in [5.74, 6) is 1.69. The molecule has 0 amide bonds. The quantitative estimate of drug-likeness (QED) is 0.0685. The van der Waals surface area contributed by atoms with Crippen LogP contribution >= 0.6 is 7.60 Å². The summed E-state index contributed by atoms with van der Waals surface area (Å²) in [4.78, 5) is 39.7. The molecule has 3 heterocycles. The summed E-state index contributed by atoms with van der Waals surface area (Å²) >= 11 is 0. The van der Waals surface area contributed by atoms with Gasteiger partial charge in [0.2, 0.25) is 5.69 Å². The first-order valence-corrected chi connectivity index (χ1v) is 18.7. The number of hydrogen-bond acceptors (Lipinski definition) is 11. The summed E-state index contributed by atoms with van der Waals surface area (Å²) in [7, 11) is 0.236. The van der Waals surface area contributed by atoms with Crippen LogP contribution in [-0.2, 0) is 30.8 Å². The molecule has 1 aliphatic heterocycles. The summed E-state index contributed by atoms with van der Waals surface area (Å²) in [6.45, 7) is -0.441. The maximum Gasteiger partial charge on any atom is 0.342 e. The van der Waals surface area contributed by atoms with E-state index in [1.165, 1.54) is 42.3 Å². The van der Waals surface area contributed by atoms with Gasteiger partial charge in [-0.3, -0.25) is 28.3 Å². The summed E-state index contributed by atoms with van der Waals surface area (Å²) in [6, 6.07) is 28.8. The number of benzene rings is 3. The van der Waals surface area contributed by atoms with Crippen molar-refractivity contribution in [2.45, 2.75) is 24.5 Å². The molecule has 284 valence electrons. The number of morpholine rings is 1. The van der Waals surface area contributed by atoms with E-state index in [9.17, 15) is 24.3 Å². The number of hydrogen-bond donors (Lipinski definition) is 2. The second kappa shape index (κ2) is 16.8. The Kier molecular flexibility index (Phi) is 12.0. The molecule has 0 spiro atoms. The molecule has 5 aromatic rings. The van der Waals surface area contributed by atoms with Crippen molar-refractivity contribution in [1.82, 2.24) is 14.5 Å². The Morgan fingerprint density at radius 3 is 2.07 bits per heavy atom. The first-order valence-electron chi connectivity index (χ1n) is 16.9. The molecule has 15 nitrogen and oxygen atoms in total. The standard InChI is InChI=1S/C38H41N4O11P/c1-48-31-13-9-28(10-14-31)38(27-7-5-4-6-8-27,29-11-15-32(49-2)16-12-29)51-25-34-22-40(23-36(53-34)41-19-18-35(43)39-37(41)44)26-54(46,47)52-24-30-21-33(50-3)17-20-42(30)45/h4-21,34,36H,22-26H2,1-3H3,(H,46,47)(H,39,43,44). The van der Waals surface area contributed by atoms with E-state index in [0.717, 1.165) is 16.7 Å². The fraction of sp³-hybridized carbons (Fsp3) is 0.289. The van der Waals surface area contributed by atoms with Crippen LogP contribution in [0.1, 0.15) is 28.6 Å². The van der Waals surface area contributed by atoms with Crippen LogP contribution in [0.15, 0.2) is 119 Å². The predicted octanol–water partition coefficient (Wildman–Crippen LogP) is 3.76. The molecule has 0 aliphatic carbocycles. The molecular formula is C38H41N4O11P. The van der Waals surface area contributed by atoms with Crippen molar-refractivity contribution in [2.75, 3.05) is 47.3 Å². The van der Waals surface area contributed by atoms with E-state index >= 15 is 0 Å². The summed E-state index contributed by atoms with van der Waals surface area (Å²) in [6.07, 6.45) is 0.287. The maximum absolute atomic E-state index is 13.5. The molecule has 3 atom stereocenters.